The van der Waals surface area contributed by atoms with E-state index in [1.807, 2.05) is 17.7 Å². The van der Waals surface area contributed by atoms with Crippen LogP contribution in [-0.2, 0) is 13.0 Å². The predicted octanol–water partition coefficient (Wildman–Crippen LogP) is 2.84. The quantitative estimate of drug-likeness (QED) is 0.884. The number of carbonyl (C=O) groups excluding carboxylic acids is 1. The Morgan fingerprint density at radius 3 is 3.17 bits per heavy atom. The van der Waals surface area contributed by atoms with Crippen LogP contribution in [0.25, 0.3) is 0 Å². The van der Waals surface area contributed by atoms with E-state index in [1.54, 1.807) is 11.3 Å². The second kappa shape index (κ2) is 7.12. The zero-order chi connectivity index (χ0) is 16.2. The van der Waals surface area contributed by atoms with Crippen LogP contribution < -0.4 is 10.6 Å². The van der Waals surface area contributed by atoms with Crippen LogP contribution in [0, 0.1) is 0 Å². The largest absolute Gasteiger partial charge is 0.338 e. The van der Waals surface area contributed by atoms with Crippen LogP contribution in [0.15, 0.2) is 17.5 Å². The Morgan fingerprint density at radius 2 is 2.43 bits per heavy atom. The summed E-state index contributed by atoms with van der Waals surface area (Å²) < 4.78 is 1.93. The van der Waals surface area contributed by atoms with Crippen LogP contribution in [0.2, 0.25) is 0 Å². The van der Waals surface area contributed by atoms with Crippen LogP contribution in [-0.4, -0.2) is 27.3 Å². The molecule has 0 saturated heterocycles. The number of fused-ring (bicyclic) bond motifs is 1. The molecule has 3 heterocycles. The number of hydrogen-bond donors (Lipinski definition) is 2. The van der Waals surface area contributed by atoms with Gasteiger partial charge in [0.05, 0.1) is 6.04 Å². The molecule has 124 valence electrons. The van der Waals surface area contributed by atoms with Crippen molar-refractivity contribution in [1.29, 1.82) is 0 Å². The Morgan fingerprint density at radius 1 is 1.57 bits per heavy atom. The van der Waals surface area contributed by atoms with Gasteiger partial charge >= 0.3 is 6.03 Å². The minimum atomic E-state index is -0.132. The van der Waals surface area contributed by atoms with Crippen molar-refractivity contribution in [2.45, 2.75) is 51.6 Å². The highest BCUT2D eigenvalue weighted by Gasteiger charge is 2.25. The lowest BCUT2D eigenvalue weighted by atomic mass is 10.1. The lowest BCUT2D eigenvalue weighted by Gasteiger charge is -2.23. The number of aryl methyl sites for hydroxylation is 2. The van der Waals surface area contributed by atoms with Crippen LogP contribution in [0.5, 0.6) is 0 Å². The van der Waals surface area contributed by atoms with Gasteiger partial charge in [-0.2, -0.15) is 5.10 Å². The Labute approximate surface area is 140 Å². The fraction of sp³-hybridized carbons (Fsp3) is 0.562. The number of thiophene rings is 1. The zero-order valence-corrected chi connectivity index (χ0v) is 14.4. The standard InChI is InChI=1S/C16H23N5OS/c1-3-14-19-15-12(6-4-8-21(15)20-14)18-16(22)17-10-11(2)13-7-5-9-23-13/h5,7,9,11-12H,3-4,6,8,10H2,1-2H3,(H2,17,18,22). The fourth-order valence-corrected chi connectivity index (χ4v) is 3.60. The molecular formula is C16H23N5OS. The molecule has 0 fully saturated rings. The third kappa shape index (κ3) is 3.72. The van der Waals surface area contributed by atoms with Crippen molar-refractivity contribution < 1.29 is 4.79 Å². The second-order valence-corrected chi connectivity index (χ2v) is 6.91. The molecule has 1 aliphatic rings. The summed E-state index contributed by atoms with van der Waals surface area (Å²) in [6.45, 7) is 5.68. The second-order valence-electron chi connectivity index (χ2n) is 5.93. The first-order chi connectivity index (χ1) is 11.2. The minimum absolute atomic E-state index is 0.0476. The maximum atomic E-state index is 12.2. The van der Waals surface area contributed by atoms with Crippen LogP contribution in [0.3, 0.4) is 0 Å². The maximum Gasteiger partial charge on any atom is 0.315 e. The van der Waals surface area contributed by atoms with E-state index in [0.717, 1.165) is 37.5 Å². The Hall–Kier alpha value is -1.89. The van der Waals surface area contributed by atoms with Gasteiger partial charge in [0.1, 0.15) is 5.82 Å². The molecule has 2 N–H and O–H groups in total. The molecular weight excluding hydrogens is 310 g/mol. The SMILES string of the molecule is CCc1nc2n(n1)CCCC2NC(=O)NCC(C)c1cccs1. The number of hydrogen-bond acceptors (Lipinski definition) is 4. The molecule has 0 aliphatic carbocycles. The Bertz CT molecular complexity index is 651. The van der Waals surface area contributed by atoms with E-state index in [1.165, 1.54) is 4.88 Å². The smallest absolute Gasteiger partial charge is 0.315 e. The van der Waals surface area contributed by atoms with E-state index in [9.17, 15) is 4.79 Å². The van der Waals surface area contributed by atoms with Gasteiger partial charge in [0.2, 0.25) is 0 Å². The monoisotopic (exact) mass is 333 g/mol. The first-order valence-electron chi connectivity index (χ1n) is 8.18. The van der Waals surface area contributed by atoms with E-state index >= 15 is 0 Å². The Kier molecular flexibility index (Phi) is 4.95. The summed E-state index contributed by atoms with van der Waals surface area (Å²) in [5, 5.41) is 12.5. The summed E-state index contributed by atoms with van der Waals surface area (Å²) in [5.74, 6) is 2.05. The van der Waals surface area contributed by atoms with E-state index in [-0.39, 0.29) is 12.1 Å². The number of carbonyl (C=O) groups is 1. The third-order valence-corrected chi connectivity index (χ3v) is 5.24. The van der Waals surface area contributed by atoms with Crippen LogP contribution >= 0.6 is 11.3 Å². The number of rotatable bonds is 5. The van der Waals surface area contributed by atoms with Gasteiger partial charge < -0.3 is 10.6 Å². The average Bonchev–Trinajstić information content (AvgIpc) is 3.22. The highest BCUT2D eigenvalue weighted by Crippen LogP contribution is 2.23. The normalized spacial score (nSPS) is 18.3. The predicted molar refractivity (Wildman–Crippen MR) is 90.6 cm³/mol. The topological polar surface area (TPSA) is 71.8 Å². The molecule has 3 rings (SSSR count). The average molecular weight is 333 g/mol. The third-order valence-electron chi connectivity index (χ3n) is 4.14. The van der Waals surface area contributed by atoms with Crippen molar-refractivity contribution >= 4 is 17.4 Å². The highest BCUT2D eigenvalue weighted by atomic mass is 32.1. The summed E-state index contributed by atoms with van der Waals surface area (Å²) in [5.41, 5.74) is 0. The maximum absolute atomic E-state index is 12.2. The molecule has 0 spiro atoms. The van der Waals surface area contributed by atoms with Gasteiger partial charge in [-0.3, -0.25) is 0 Å². The van der Waals surface area contributed by atoms with Gasteiger partial charge in [-0.15, -0.1) is 11.3 Å². The molecule has 2 unspecified atom stereocenters. The van der Waals surface area contributed by atoms with Gasteiger partial charge in [-0.1, -0.05) is 19.9 Å². The summed E-state index contributed by atoms with van der Waals surface area (Å²) in [6, 6.07) is 3.96. The van der Waals surface area contributed by atoms with Gasteiger partial charge in [-0.05, 0) is 24.3 Å². The van der Waals surface area contributed by atoms with Crippen molar-refractivity contribution in [2.24, 2.45) is 0 Å². The van der Waals surface area contributed by atoms with E-state index in [2.05, 4.69) is 39.1 Å². The molecule has 1 aliphatic heterocycles. The molecule has 0 aromatic carbocycles. The summed E-state index contributed by atoms with van der Waals surface area (Å²) in [6.07, 6.45) is 2.74. The van der Waals surface area contributed by atoms with Gasteiger partial charge in [0, 0.05) is 30.3 Å². The van der Waals surface area contributed by atoms with Crippen molar-refractivity contribution in [3.05, 3.63) is 34.0 Å². The lowest BCUT2D eigenvalue weighted by Crippen LogP contribution is -2.41. The molecule has 0 bridgehead atoms. The molecule has 6 nitrogen and oxygen atoms in total. The first-order valence-corrected chi connectivity index (χ1v) is 9.06. The van der Waals surface area contributed by atoms with Crippen molar-refractivity contribution in [1.82, 2.24) is 25.4 Å². The number of urea groups is 1. The van der Waals surface area contributed by atoms with Crippen molar-refractivity contribution in [3.63, 3.8) is 0 Å². The molecule has 2 amide bonds. The number of aromatic nitrogens is 3. The number of nitrogens with one attached hydrogen (secondary N) is 2. The molecule has 23 heavy (non-hydrogen) atoms. The summed E-state index contributed by atoms with van der Waals surface area (Å²) in [7, 11) is 0. The van der Waals surface area contributed by atoms with Crippen LogP contribution in [0.1, 0.15) is 55.2 Å². The van der Waals surface area contributed by atoms with E-state index < -0.39 is 0 Å². The number of amides is 2. The molecule has 0 saturated carbocycles. The molecule has 2 aromatic rings. The number of nitrogens with zero attached hydrogens (tertiary/aromatic N) is 3. The van der Waals surface area contributed by atoms with E-state index in [0.29, 0.717) is 12.5 Å². The molecule has 2 aromatic heterocycles. The van der Waals surface area contributed by atoms with Gasteiger partial charge in [-0.25, -0.2) is 14.5 Å². The van der Waals surface area contributed by atoms with Crippen LogP contribution in [0.4, 0.5) is 4.79 Å². The lowest BCUT2D eigenvalue weighted by molar-refractivity contribution is 0.232. The minimum Gasteiger partial charge on any atom is -0.338 e. The van der Waals surface area contributed by atoms with E-state index in [4.69, 9.17) is 0 Å². The van der Waals surface area contributed by atoms with Crippen molar-refractivity contribution in [3.8, 4) is 0 Å². The fourth-order valence-electron chi connectivity index (χ4n) is 2.81. The van der Waals surface area contributed by atoms with Gasteiger partial charge in [0.25, 0.3) is 0 Å². The van der Waals surface area contributed by atoms with Gasteiger partial charge in [0.15, 0.2) is 5.82 Å². The Balaban J connectivity index is 1.55. The van der Waals surface area contributed by atoms with Crippen molar-refractivity contribution in [2.75, 3.05) is 6.54 Å². The summed E-state index contributed by atoms with van der Waals surface area (Å²) >= 11 is 1.72. The molecule has 0 radical (unpaired) electrons. The highest BCUT2D eigenvalue weighted by molar-refractivity contribution is 7.10. The summed E-state index contributed by atoms with van der Waals surface area (Å²) in [4.78, 5) is 18.0. The molecule has 2 atom stereocenters. The zero-order valence-electron chi connectivity index (χ0n) is 13.6. The molecule has 7 heteroatoms. The first kappa shape index (κ1) is 16.0.